The van der Waals surface area contributed by atoms with Gasteiger partial charge in [-0.15, -0.1) is 0 Å². The molecule has 1 aromatic rings. The van der Waals surface area contributed by atoms with Crippen LogP contribution in [0, 0.1) is 18.8 Å². The minimum Gasteiger partial charge on any atom is -0.393 e. The van der Waals surface area contributed by atoms with Gasteiger partial charge >= 0.3 is 0 Å². The van der Waals surface area contributed by atoms with Crippen LogP contribution in [0.15, 0.2) is 18.2 Å². The number of carbonyl (C=O) groups excluding carboxylic acids is 1. The summed E-state index contributed by atoms with van der Waals surface area (Å²) in [5, 5.41) is 18.0. The monoisotopic (exact) mass is 275 g/mol. The molecule has 0 saturated carbocycles. The van der Waals surface area contributed by atoms with E-state index in [9.17, 15) is 9.90 Å². The lowest BCUT2D eigenvalue weighted by atomic mass is 10.0. The fourth-order valence-electron chi connectivity index (χ4n) is 1.83. The zero-order valence-corrected chi connectivity index (χ0v) is 12.2. The Morgan fingerprint density at radius 3 is 2.75 bits per heavy atom. The Morgan fingerprint density at radius 1 is 1.45 bits per heavy atom. The van der Waals surface area contributed by atoms with Crippen molar-refractivity contribution in [2.24, 2.45) is 0 Å². The zero-order valence-electron chi connectivity index (χ0n) is 12.2. The smallest absolute Gasteiger partial charge is 0.253 e. The van der Waals surface area contributed by atoms with Crippen LogP contribution in [0.1, 0.15) is 34.8 Å². The van der Waals surface area contributed by atoms with Gasteiger partial charge in [-0.3, -0.25) is 4.79 Å². The molecule has 0 aliphatic carbocycles. The Balaban J connectivity index is 2.93. The van der Waals surface area contributed by atoms with E-state index in [1.54, 1.807) is 31.0 Å². The number of aliphatic hydroxyl groups excluding tert-OH is 2. The highest BCUT2D eigenvalue weighted by Crippen LogP contribution is 2.15. The minimum absolute atomic E-state index is 0.0872. The molecule has 0 aromatic heterocycles. The van der Waals surface area contributed by atoms with E-state index in [0.29, 0.717) is 18.5 Å². The van der Waals surface area contributed by atoms with E-state index >= 15 is 0 Å². The number of hydrogen-bond donors (Lipinski definition) is 2. The Morgan fingerprint density at radius 2 is 2.15 bits per heavy atom. The van der Waals surface area contributed by atoms with Gasteiger partial charge in [-0.05, 0) is 38.0 Å². The number of nitrogens with zero attached hydrogens (tertiary/aromatic N) is 1. The van der Waals surface area contributed by atoms with Gasteiger partial charge in [-0.25, -0.2) is 0 Å². The Labute approximate surface area is 120 Å². The van der Waals surface area contributed by atoms with E-state index in [0.717, 1.165) is 11.1 Å². The molecule has 1 rings (SSSR count). The number of benzene rings is 1. The van der Waals surface area contributed by atoms with Crippen LogP contribution in [-0.2, 0) is 0 Å². The lowest BCUT2D eigenvalue weighted by Crippen LogP contribution is -2.30. The van der Waals surface area contributed by atoms with Gasteiger partial charge in [0.2, 0.25) is 0 Å². The van der Waals surface area contributed by atoms with Gasteiger partial charge in [-0.1, -0.05) is 17.9 Å². The van der Waals surface area contributed by atoms with E-state index in [4.69, 9.17) is 5.11 Å². The Bertz CT molecular complexity index is 526. The maximum absolute atomic E-state index is 12.4. The van der Waals surface area contributed by atoms with Crippen molar-refractivity contribution in [2.45, 2.75) is 26.4 Å². The SMILES string of the molecule is Cc1c(C#CCO)cccc1C(=O)N(C)CCC(C)O. The number of hydrogen-bond acceptors (Lipinski definition) is 3. The van der Waals surface area contributed by atoms with E-state index in [-0.39, 0.29) is 12.5 Å². The molecule has 4 heteroatoms. The van der Waals surface area contributed by atoms with Crippen molar-refractivity contribution < 1.29 is 15.0 Å². The molecule has 0 aliphatic heterocycles. The van der Waals surface area contributed by atoms with E-state index in [1.807, 2.05) is 13.0 Å². The van der Waals surface area contributed by atoms with E-state index in [2.05, 4.69) is 11.8 Å². The van der Waals surface area contributed by atoms with Crippen LogP contribution >= 0.6 is 0 Å². The highest BCUT2D eigenvalue weighted by atomic mass is 16.3. The van der Waals surface area contributed by atoms with Gasteiger partial charge in [0.05, 0.1) is 6.10 Å². The lowest BCUT2D eigenvalue weighted by molar-refractivity contribution is 0.0768. The molecular formula is C16H21NO3. The molecule has 0 spiro atoms. The van der Waals surface area contributed by atoms with Gasteiger partial charge in [0, 0.05) is 24.7 Å². The fraction of sp³-hybridized carbons (Fsp3) is 0.438. The first-order valence-corrected chi connectivity index (χ1v) is 6.60. The maximum atomic E-state index is 12.4. The molecule has 4 nitrogen and oxygen atoms in total. The van der Waals surface area contributed by atoms with Gasteiger partial charge in [0.1, 0.15) is 6.61 Å². The third-order valence-electron chi connectivity index (χ3n) is 3.10. The standard InChI is InChI=1S/C16H21NO3/c1-12(19)9-10-17(3)16(20)15-8-4-6-14(13(15)2)7-5-11-18/h4,6,8,12,18-19H,9-11H2,1-3H3. The normalized spacial score (nSPS) is 11.4. The third-order valence-corrected chi connectivity index (χ3v) is 3.10. The summed E-state index contributed by atoms with van der Waals surface area (Å²) >= 11 is 0. The summed E-state index contributed by atoms with van der Waals surface area (Å²) < 4.78 is 0. The first kappa shape index (κ1) is 16.2. The van der Waals surface area contributed by atoms with Crippen molar-refractivity contribution in [3.63, 3.8) is 0 Å². The van der Waals surface area contributed by atoms with Crippen LogP contribution in [0.3, 0.4) is 0 Å². The van der Waals surface area contributed by atoms with Crippen LogP contribution in [0.5, 0.6) is 0 Å². The highest BCUT2D eigenvalue weighted by Gasteiger charge is 2.15. The van der Waals surface area contributed by atoms with Crippen molar-refractivity contribution in [1.82, 2.24) is 4.90 Å². The average Bonchev–Trinajstić information content (AvgIpc) is 2.43. The molecule has 20 heavy (non-hydrogen) atoms. The van der Waals surface area contributed by atoms with Crippen molar-refractivity contribution in [3.05, 3.63) is 34.9 Å². The molecule has 0 fully saturated rings. The van der Waals surface area contributed by atoms with Gasteiger partial charge < -0.3 is 15.1 Å². The second kappa shape index (κ2) is 7.68. The van der Waals surface area contributed by atoms with Crippen LogP contribution in [-0.4, -0.2) is 47.3 Å². The predicted octanol–water partition coefficient (Wildman–Crippen LogP) is 1.18. The molecular weight excluding hydrogens is 254 g/mol. The van der Waals surface area contributed by atoms with Crippen molar-refractivity contribution >= 4 is 5.91 Å². The third kappa shape index (κ3) is 4.37. The summed E-state index contributed by atoms with van der Waals surface area (Å²) in [7, 11) is 1.72. The topological polar surface area (TPSA) is 60.8 Å². The molecule has 1 unspecified atom stereocenters. The van der Waals surface area contributed by atoms with Gasteiger partial charge in [0.25, 0.3) is 5.91 Å². The van der Waals surface area contributed by atoms with Crippen molar-refractivity contribution in [2.75, 3.05) is 20.2 Å². The summed E-state index contributed by atoms with van der Waals surface area (Å²) in [6.07, 6.45) is 0.124. The molecule has 2 N–H and O–H groups in total. The molecule has 0 radical (unpaired) electrons. The summed E-state index contributed by atoms with van der Waals surface area (Å²) in [6.45, 7) is 3.85. The first-order valence-electron chi connectivity index (χ1n) is 6.60. The Kier molecular flexibility index (Phi) is 6.23. The summed E-state index contributed by atoms with van der Waals surface area (Å²) in [6, 6.07) is 5.37. The zero-order chi connectivity index (χ0) is 15.1. The molecule has 1 aromatic carbocycles. The molecule has 0 heterocycles. The second-order valence-corrected chi connectivity index (χ2v) is 4.80. The fourth-order valence-corrected chi connectivity index (χ4v) is 1.83. The molecule has 1 atom stereocenters. The number of aliphatic hydroxyl groups is 2. The molecule has 0 bridgehead atoms. The molecule has 108 valence electrons. The van der Waals surface area contributed by atoms with Crippen LogP contribution < -0.4 is 0 Å². The molecule has 0 aliphatic rings. The van der Waals surface area contributed by atoms with Gasteiger partial charge in [-0.2, -0.15) is 0 Å². The van der Waals surface area contributed by atoms with Crippen molar-refractivity contribution in [1.29, 1.82) is 0 Å². The largest absolute Gasteiger partial charge is 0.393 e. The van der Waals surface area contributed by atoms with Crippen molar-refractivity contribution in [3.8, 4) is 11.8 Å². The quantitative estimate of drug-likeness (QED) is 0.811. The van der Waals surface area contributed by atoms with E-state index in [1.165, 1.54) is 0 Å². The summed E-state index contributed by atoms with van der Waals surface area (Å²) in [4.78, 5) is 13.9. The Hall–Kier alpha value is -1.83. The van der Waals surface area contributed by atoms with Crippen LogP contribution in [0.2, 0.25) is 0 Å². The first-order chi connectivity index (χ1) is 9.47. The highest BCUT2D eigenvalue weighted by molar-refractivity contribution is 5.96. The summed E-state index contributed by atoms with van der Waals surface area (Å²) in [5.41, 5.74) is 2.15. The average molecular weight is 275 g/mol. The number of rotatable bonds is 4. The molecule has 1 amide bonds. The second-order valence-electron chi connectivity index (χ2n) is 4.80. The molecule has 0 saturated heterocycles. The van der Waals surface area contributed by atoms with Gasteiger partial charge in [0.15, 0.2) is 0 Å². The summed E-state index contributed by atoms with van der Waals surface area (Å²) in [5.74, 6) is 5.34. The number of amides is 1. The number of carbonyl (C=O) groups is 1. The van der Waals surface area contributed by atoms with Crippen LogP contribution in [0.4, 0.5) is 0 Å². The van der Waals surface area contributed by atoms with Crippen LogP contribution in [0.25, 0.3) is 0 Å². The van der Waals surface area contributed by atoms with E-state index < -0.39 is 6.10 Å². The lowest BCUT2D eigenvalue weighted by Gasteiger charge is -2.19. The maximum Gasteiger partial charge on any atom is 0.253 e. The predicted molar refractivity (Wildman–Crippen MR) is 78.4 cm³/mol. The minimum atomic E-state index is -0.423.